The zero-order valence-electron chi connectivity index (χ0n) is 14.2. The summed E-state index contributed by atoms with van der Waals surface area (Å²) in [6.07, 6.45) is 0. The third-order valence-electron chi connectivity index (χ3n) is 3.45. The molecule has 1 rings (SSSR count). The Hall–Kier alpha value is -1.09. The van der Waals surface area contributed by atoms with Gasteiger partial charge in [-0.25, -0.2) is 4.39 Å². The monoisotopic (exact) mass is 365 g/mol. The van der Waals surface area contributed by atoms with Gasteiger partial charge in [-0.3, -0.25) is 0 Å². The molecule has 0 aromatic heterocycles. The molecule has 4 nitrogen and oxygen atoms in total. The topological polar surface area (TPSA) is 75.9 Å². The van der Waals surface area contributed by atoms with Crippen molar-refractivity contribution in [3.05, 3.63) is 35.1 Å². The zero-order valence-corrected chi connectivity index (χ0v) is 15.0. The van der Waals surface area contributed by atoms with Crippen LogP contribution in [0, 0.1) is 5.82 Å². The third-order valence-corrected chi connectivity index (χ3v) is 4.94. The number of hydrogen-bond donors (Lipinski definition) is 2. The molecule has 0 saturated carbocycles. The number of aliphatic hydroxyl groups excluding tert-OH is 1. The highest BCUT2D eigenvalue weighted by molar-refractivity contribution is 7.91. The van der Waals surface area contributed by atoms with E-state index in [0.717, 1.165) is 6.07 Å². The Morgan fingerprint density at radius 2 is 1.79 bits per heavy atom. The van der Waals surface area contributed by atoms with Crippen LogP contribution >= 0.6 is 0 Å². The van der Waals surface area contributed by atoms with Gasteiger partial charge >= 0.3 is 5.92 Å². The molecule has 2 atom stereocenters. The number of aliphatic hydroxyl groups is 2. The van der Waals surface area contributed by atoms with E-state index in [1.54, 1.807) is 20.8 Å². The number of halogens is 3. The van der Waals surface area contributed by atoms with Gasteiger partial charge in [0.15, 0.2) is 5.60 Å². The molecule has 0 heterocycles. The summed E-state index contributed by atoms with van der Waals surface area (Å²) in [6.45, 7) is 5.88. The van der Waals surface area contributed by atoms with Crippen molar-refractivity contribution in [1.82, 2.24) is 0 Å². The van der Waals surface area contributed by atoms with E-state index >= 15 is 0 Å². The van der Waals surface area contributed by atoms with E-state index in [1.165, 1.54) is 19.1 Å². The lowest BCUT2D eigenvalue weighted by Gasteiger charge is -2.31. The van der Waals surface area contributed by atoms with Crippen LogP contribution < -0.4 is 0 Å². The van der Waals surface area contributed by atoms with Crippen molar-refractivity contribution in [3.63, 3.8) is 0 Å². The first-order valence-corrected chi connectivity index (χ1v) is 8.34. The van der Waals surface area contributed by atoms with Crippen molar-refractivity contribution in [3.8, 4) is 0 Å². The summed E-state index contributed by atoms with van der Waals surface area (Å²) in [5.41, 5.74) is -4.12. The number of benzene rings is 1. The van der Waals surface area contributed by atoms with E-state index in [4.69, 9.17) is 5.11 Å². The van der Waals surface area contributed by atoms with Crippen LogP contribution in [0.5, 0.6) is 0 Å². The molecular weight excluding hydrogens is 343 g/mol. The van der Waals surface area contributed by atoms with Crippen molar-refractivity contribution in [2.24, 2.45) is 4.40 Å². The lowest BCUT2D eigenvalue weighted by Crippen LogP contribution is -2.47. The highest BCUT2D eigenvalue weighted by Crippen LogP contribution is 2.40. The predicted octanol–water partition coefficient (Wildman–Crippen LogP) is 2.93. The Bertz CT molecular complexity index is 627. The summed E-state index contributed by atoms with van der Waals surface area (Å²) in [7, 11) is 0. The molecule has 136 valence electrons. The lowest BCUT2D eigenvalue weighted by atomic mass is 9.90. The Morgan fingerprint density at radius 3 is 2.25 bits per heavy atom. The van der Waals surface area contributed by atoms with Crippen molar-refractivity contribution >= 4 is 17.1 Å². The molecule has 0 bridgehead atoms. The fraction of sp³-hybridized carbons (Fsp3) is 0.562. The fourth-order valence-corrected chi connectivity index (χ4v) is 2.37. The minimum absolute atomic E-state index is 0.00190. The molecule has 0 spiro atoms. The minimum atomic E-state index is -4.02. The highest BCUT2D eigenvalue weighted by atomic mass is 32.2. The van der Waals surface area contributed by atoms with Gasteiger partial charge in [-0.2, -0.15) is 8.78 Å². The molecule has 8 heteroatoms. The molecule has 1 unspecified atom stereocenters. The largest absolute Gasteiger partial charge is 0.591 e. The second kappa shape index (κ2) is 7.03. The van der Waals surface area contributed by atoms with Gasteiger partial charge in [-0.15, -0.1) is 0 Å². The second-order valence-corrected chi connectivity index (χ2v) is 8.62. The van der Waals surface area contributed by atoms with Crippen LogP contribution in [0.1, 0.15) is 45.7 Å². The summed E-state index contributed by atoms with van der Waals surface area (Å²) < 4.78 is 58.5. The molecule has 0 aliphatic heterocycles. The highest BCUT2D eigenvalue weighted by Gasteiger charge is 2.52. The first kappa shape index (κ1) is 21.0. The molecule has 1 aromatic rings. The zero-order chi connectivity index (χ0) is 18.9. The van der Waals surface area contributed by atoms with Gasteiger partial charge < -0.3 is 14.8 Å². The van der Waals surface area contributed by atoms with Gasteiger partial charge in [-0.05, 0) is 40.7 Å². The quantitative estimate of drug-likeness (QED) is 0.622. The molecule has 1 aromatic carbocycles. The van der Waals surface area contributed by atoms with E-state index < -0.39 is 45.6 Å². The van der Waals surface area contributed by atoms with E-state index in [0.29, 0.717) is 6.92 Å². The molecule has 0 aliphatic rings. The average molecular weight is 365 g/mol. The van der Waals surface area contributed by atoms with E-state index in [-0.39, 0.29) is 11.3 Å². The van der Waals surface area contributed by atoms with Crippen LogP contribution in [0.2, 0.25) is 0 Å². The molecule has 2 N–H and O–H groups in total. The molecule has 24 heavy (non-hydrogen) atoms. The molecule has 0 aliphatic carbocycles. The summed E-state index contributed by atoms with van der Waals surface area (Å²) in [5, 5.41) is 18.6. The van der Waals surface area contributed by atoms with Crippen LogP contribution in [0.15, 0.2) is 22.6 Å². The number of hydrogen-bond acceptors (Lipinski definition) is 4. The number of nitrogens with zero attached hydrogens (tertiary/aromatic N) is 1. The maximum absolute atomic E-state index is 14.6. The Balaban J connectivity index is 3.40. The Kier molecular flexibility index (Phi) is 6.14. The van der Waals surface area contributed by atoms with Crippen LogP contribution in [-0.4, -0.2) is 37.4 Å². The van der Waals surface area contributed by atoms with Gasteiger partial charge in [0.05, 0.1) is 17.9 Å². The maximum Gasteiger partial charge on any atom is 0.306 e. The molecule has 0 radical (unpaired) electrons. The molecule has 0 fully saturated rings. The first-order chi connectivity index (χ1) is 10.8. The predicted molar refractivity (Wildman–Crippen MR) is 88.1 cm³/mol. The Labute approximate surface area is 142 Å². The van der Waals surface area contributed by atoms with Crippen molar-refractivity contribution < 1.29 is 27.9 Å². The van der Waals surface area contributed by atoms with Gasteiger partial charge in [0, 0.05) is 5.56 Å². The van der Waals surface area contributed by atoms with Crippen LogP contribution in [0.3, 0.4) is 0 Å². The smallest absolute Gasteiger partial charge is 0.306 e. The van der Waals surface area contributed by atoms with Crippen molar-refractivity contribution in [2.75, 3.05) is 6.61 Å². The molecule has 0 amide bonds. The lowest BCUT2D eigenvalue weighted by molar-refractivity contribution is -0.196. The van der Waals surface area contributed by atoms with E-state index in [9.17, 15) is 22.8 Å². The average Bonchev–Trinajstić information content (AvgIpc) is 2.45. The Morgan fingerprint density at radius 1 is 1.25 bits per heavy atom. The van der Waals surface area contributed by atoms with Gasteiger partial charge in [0.2, 0.25) is 0 Å². The summed E-state index contributed by atoms with van der Waals surface area (Å²) in [4.78, 5) is 0. The van der Waals surface area contributed by atoms with E-state index in [2.05, 4.69) is 4.40 Å². The third kappa shape index (κ3) is 4.11. The summed E-state index contributed by atoms with van der Waals surface area (Å²) in [6, 6.07) is 3.26. The second-order valence-electron chi connectivity index (χ2n) is 6.71. The maximum atomic E-state index is 14.6. The standard InChI is InChI=1S/C16H22F3NO3S/c1-10(20-24(23)14(2,3)4)11-7-6-8-12(13(11)17)16(18,19)15(5,22)9-21/h6-8,21-22H,9H2,1-5H3/t15-,24?/m1/s1. The van der Waals surface area contributed by atoms with E-state index in [1.807, 2.05) is 0 Å². The minimum Gasteiger partial charge on any atom is -0.591 e. The van der Waals surface area contributed by atoms with Crippen LogP contribution in [0.4, 0.5) is 13.2 Å². The molecule has 0 saturated heterocycles. The summed E-state index contributed by atoms with van der Waals surface area (Å²) >= 11 is -1.68. The number of alkyl halides is 2. The first-order valence-electron chi connectivity index (χ1n) is 7.23. The summed E-state index contributed by atoms with van der Waals surface area (Å²) in [5.74, 6) is -5.30. The van der Waals surface area contributed by atoms with Gasteiger partial charge in [-0.1, -0.05) is 16.5 Å². The number of rotatable bonds is 5. The van der Waals surface area contributed by atoms with Crippen LogP contribution in [0.25, 0.3) is 0 Å². The SMILES string of the molecule is CC(=N[S+]([O-])C(C)(C)C)c1cccc(C(F)(F)[C@](C)(O)CO)c1F. The van der Waals surface area contributed by atoms with Gasteiger partial charge in [0.1, 0.15) is 21.9 Å². The van der Waals surface area contributed by atoms with Crippen molar-refractivity contribution in [2.45, 2.75) is 50.9 Å². The van der Waals surface area contributed by atoms with Gasteiger partial charge in [0.25, 0.3) is 0 Å². The normalized spacial score (nSPS) is 17.5. The fourth-order valence-electron chi connectivity index (χ4n) is 1.75. The van der Waals surface area contributed by atoms with Crippen molar-refractivity contribution in [1.29, 1.82) is 0 Å². The molecular formula is C16H22F3NO3S. The van der Waals surface area contributed by atoms with Crippen LogP contribution in [-0.2, 0) is 17.3 Å².